The van der Waals surface area contributed by atoms with E-state index in [0.29, 0.717) is 11.7 Å². The number of benzene rings is 3. The maximum absolute atomic E-state index is 11.9. The molecule has 234 valence electrons. The number of primary sulfonamides is 1. The van der Waals surface area contributed by atoms with Gasteiger partial charge in [0.25, 0.3) is 0 Å². The van der Waals surface area contributed by atoms with Gasteiger partial charge in [-0.3, -0.25) is 0 Å². The molecule has 0 radical (unpaired) electrons. The van der Waals surface area contributed by atoms with E-state index in [4.69, 9.17) is 29.7 Å². The highest BCUT2D eigenvalue weighted by atomic mass is 32.2. The van der Waals surface area contributed by atoms with Crippen molar-refractivity contribution in [3.63, 3.8) is 0 Å². The molecule has 0 bridgehead atoms. The summed E-state index contributed by atoms with van der Waals surface area (Å²) in [7, 11) is -2.40. The van der Waals surface area contributed by atoms with Crippen LogP contribution in [0.15, 0.2) is 77.7 Å². The Kier molecular flexibility index (Phi) is 10.4. The summed E-state index contributed by atoms with van der Waals surface area (Å²) in [5.41, 5.74) is 2.84. The van der Waals surface area contributed by atoms with Crippen molar-refractivity contribution in [1.82, 2.24) is 14.9 Å². The highest BCUT2D eigenvalue weighted by Crippen LogP contribution is 2.27. The summed E-state index contributed by atoms with van der Waals surface area (Å²) in [6.07, 6.45) is -3.25. The topological polar surface area (TPSA) is 148 Å². The molecule has 1 aromatic heterocycles. The molecule has 0 saturated carbocycles. The molecule has 3 aromatic carbocycles. The van der Waals surface area contributed by atoms with Crippen molar-refractivity contribution in [3.05, 3.63) is 78.4 Å². The fourth-order valence-corrected chi connectivity index (χ4v) is 5.58. The zero-order chi connectivity index (χ0) is 31.9. The molecule has 4 aromatic rings. The van der Waals surface area contributed by atoms with Crippen molar-refractivity contribution in [2.75, 3.05) is 38.6 Å². The smallest absolute Gasteiger partial charge is 0.490 e. The quantitative estimate of drug-likeness (QED) is 0.242. The molecule has 0 spiro atoms. The Morgan fingerprint density at radius 2 is 1.77 bits per heavy atom. The van der Waals surface area contributed by atoms with Crippen molar-refractivity contribution in [2.45, 2.75) is 23.9 Å². The van der Waals surface area contributed by atoms with Gasteiger partial charge in [0.15, 0.2) is 5.82 Å². The Bertz CT molecular complexity index is 1700. The van der Waals surface area contributed by atoms with Crippen molar-refractivity contribution in [1.29, 1.82) is 0 Å². The normalized spacial score (nSPS) is 15.4. The summed E-state index contributed by atoms with van der Waals surface area (Å²) in [4.78, 5) is 21.0. The van der Waals surface area contributed by atoms with Crippen LogP contribution < -0.4 is 15.2 Å². The van der Waals surface area contributed by atoms with Gasteiger partial charge in [0.1, 0.15) is 16.5 Å². The predicted octanol–water partition coefficient (Wildman–Crippen LogP) is 4.56. The van der Waals surface area contributed by atoms with Crippen LogP contribution in [-0.2, 0) is 21.2 Å². The molecule has 0 unspecified atom stereocenters. The predicted molar refractivity (Wildman–Crippen MR) is 160 cm³/mol. The number of aliphatic carboxylic acids is 1. The van der Waals surface area contributed by atoms with E-state index in [2.05, 4.69) is 16.3 Å². The maximum Gasteiger partial charge on any atom is 0.490 e. The molecule has 0 aliphatic carbocycles. The standard InChI is InChI=1S/C28H31N5O3S.C2HF3O2/c1-36-25-12-11-20(17-26(25)37(29,34)35)13-15-33-16-14-21(19-33)18-30-28-23-9-5-6-10-24(23)31-27(32-28)22-7-3-2-4-8-22;3-2(4,5)1(6)7/h2-12,17,21H,13-16,18-19H2,1H3,(H2,29,34,35)(H,30,31,32);(H,6,7)/t21-;/m1./s1. The number of carboxylic acids is 1. The molecule has 0 amide bonds. The minimum atomic E-state index is -5.08. The van der Waals surface area contributed by atoms with Gasteiger partial charge in [-0.1, -0.05) is 48.5 Å². The highest BCUT2D eigenvalue weighted by molar-refractivity contribution is 7.89. The van der Waals surface area contributed by atoms with E-state index in [1.54, 1.807) is 12.1 Å². The SMILES string of the molecule is COc1ccc(CCN2CC[C@H](CNc3nc(-c4ccccc4)nc4ccccc34)C2)cc1S(N)(=O)=O.O=C(O)C(F)(F)F. The number of alkyl halides is 3. The lowest BCUT2D eigenvalue weighted by Crippen LogP contribution is -2.25. The summed E-state index contributed by atoms with van der Waals surface area (Å²) in [5.74, 6) is -0.423. The number of likely N-dealkylation sites (tertiary alicyclic amines) is 1. The Labute approximate surface area is 252 Å². The van der Waals surface area contributed by atoms with Crippen molar-refractivity contribution in [3.8, 4) is 17.1 Å². The molecule has 4 N–H and O–H groups in total. The molecular weight excluding hydrogens is 599 g/mol. The summed E-state index contributed by atoms with van der Waals surface area (Å²) >= 11 is 0. The summed E-state index contributed by atoms with van der Waals surface area (Å²) in [5, 5.41) is 17.1. The van der Waals surface area contributed by atoms with Gasteiger partial charge in [0.2, 0.25) is 10.0 Å². The first-order valence-corrected chi connectivity index (χ1v) is 15.2. The van der Waals surface area contributed by atoms with Crippen LogP contribution in [0.3, 0.4) is 0 Å². The van der Waals surface area contributed by atoms with Gasteiger partial charge in [0, 0.05) is 30.6 Å². The molecule has 10 nitrogen and oxygen atoms in total. The molecule has 1 saturated heterocycles. The lowest BCUT2D eigenvalue weighted by Gasteiger charge is -2.17. The largest absolute Gasteiger partial charge is 0.495 e. The molecule has 1 atom stereocenters. The number of anilines is 1. The molecule has 44 heavy (non-hydrogen) atoms. The molecule has 1 aliphatic heterocycles. The Morgan fingerprint density at radius 3 is 2.43 bits per heavy atom. The fourth-order valence-electron chi connectivity index (χ4n) is 4.84. The number of para-hydroxylation sites is 1. The number of aromatic nitrogens is 2. The van der Waals surface area contributed by atoms with Crippen molar-refractivity contribution < 1.29 is 36.2 Å². The zero-order valence-electron chi connectivity index (χ0n) is 23.8. The van der Waals surface area contributed by atoms with Gasteiger partial charge in [-0.05, 0) is 55.1 Å². The molecule has 2 heterocycles. The highest BCUT2D eigenvalue weighted by Gasteiger charge is 2.38. The van der Waals surface area contributed by atoms with Crippen LogP contribution in [0.25, 0.3) is 22.3 Å². The van der Waals surface area contributed by atoms with Crippen LogP contribution in [0.1, 0.15) is 12.0 Å². The molecule has 1 aliphatic rings. The Morgan fingerprint density at radius 1 is 1.09 bits per heavy atom. The van der Waals surface area contributed by atoms with Crippen LogP contribution in [0, 0.1) is 5.92 Å². The van der Waals surface area contributed by atoms with Crippen LogP contribution in [0.2, 0.25) is 0 Å². The van der Waals surface area contributed by atoms with Gasteiger partial charge < -0.3 is 20.1 Å². The van der Waals surface area contributed by atoms with E-state index < -0.39 is 22.2 Å². The monoisotopic (exact) mass is 631 g/mol. The third kappa shape index (κ3) is 8.65. The average molecular weight is 632 g/mol. The second-order valence-electron chi connectivity index (χ2n) is 10.2. The van der Waals surface area contributed by atoms with E-state index >= 15 is 0 Å². The van der Waals surface area contributed by atoms with Gasteiger partial charge >= 0.3 is 12.1 Å². The second kappa shape index (κ2) is 14.0. The van der Waals surface area contributed by atoms with Gasteiger partial charge in [-0.15, -0.1) is 0 Å². The van der Waals surface area contributed by atoms with Crippen molar-refractivity contribution >= 4 is 32.7 Å². The number of rotatable bonds is 9. The maximum atomic E-state index is 11.9. The third-order valence-corrected chi connectivity index (χ3v) is 7.99. The van der Waals surface area contributed by atoms with E-state index in [0.717, 1.165) is 66.9 Å². The molecule has 14 heteroatoms. The number of nitrogens with one attached hydrogen (secondary N) is 1. The fraction of sp³-hybridized carbons (Fsp3) is 0.300. The molecule has 1 fully saturated rings. The molecule has 5 rings (SSSR count). The van der Waals surface area contributed by atoms with E-state index in [-0.39, 0.29) is 10.6 Å². The van der Waals surface area contributed by atoms with Crippen LogP contribution in [0.4, 0.5) is 19.0 Å². The number of ether oxygens (including phenoxy) is 1. The Balaban J connectivity index is 0.000000566. The number of carbonyl (C=O) groups is 1. The number of hydrogen-bond donors (Lipinski definition) is 3. The second-order valence-corrected chi connectivity index (χ2v) is 11.7. The van der Waals surface area contributed by atoms with Crippen LogP contribution in [0.5, 0.6) is 5.75 Å². The van der Waals surface area contributed by atoms with E-state index in [9.17, 15) is 21.6 Å². The average Bonchev–Trinajstić information content (AvgIpc) is 3.46. The number of methoxy groups -OCH3 is 1. The number of nitrogens with zero attached hydrogens (tertiary/aromatic N) is 3. The number of nitrogens with two attached hydrogens (primary N) is 1. The first kappa shape index (κ1) is 32.6. The number of sulfonamides is 1. The van der Waals surface area contributed by atoms with Gasteiger partial charge in [-0.2, -0.15) is 13.2 Å². The minimum absolute atomic E-state index is 0.0305. The van der Waals surface area contributed by atoms with Crippen molar-refractivity contribution in [2.24, 2.45) is 11.1 Å². The number of hydrogen-bond acceptors (Lipinski definition) is 8. The van der Waals surface area contributed by atoms with Gasteiger partial charge in [-0.25, -0.2) is 28.3 Å². The number of fused-ring (bicyclic) bond motifs is 1. The Hall–Kier alpha value is -4.27. The molecular formula is C30H32F3N5O5S. The third-order valence-electron chi connectivity index (χ3n) is 7.06. The zero-order valence-corrected chi connectivity index (χ0v) is 24.6. The van der Waals surface area contributed by atoms with Crippen LogP contribution in [-0.4, -0.2) is 73.8 Å². The lowest BCUT2D eigenvalue weighted by molar-refractivity contribution is -0.192. The van der Waals surface area contributed by atoms with Crippen LogP contribution >= 0.6 is 0 Å². The minimum Gasteiger partial charge on any atom is -0.495 e. The summed E-state index contributed by atoms with van der Waals surface area (Å²) in [6.45, 7) is 3.65. The summed E-state index contributed by atoms with van der Waals surface area (Å²) in [6, 6.07) is 23.3. The van der Waals surface area contributed by atoms with E-state index in [1.165, 1.54) is 7.11 Å². The summed E-state index contributed by atoms with van der Waals surface area (Å²) < 4.78 is 60.7. The van der Waals surface area contributed by atoms with E-state index in [1.807, 2.05) is 54.6 Å². The first-order chi connectivity index (χ1) is 20.8. The number of carboxylic acid groups (broad SMARTS) is 1. The first-order valence-electron chi connectivity index (χ1n) is 13.6. The lowest BCUT2D eigenvalue weighted by atomic mass is 10.1. The number of halogens is 3. The van der Waals surface area contributed by atoms with Gasteiger partial charge in [0.05, 0.1) is 12.6 Å².